The van der Waals surface area contributed by atoms with E-state index in [2.05, 4.69) is 0 Å². The number of nitrogens with zero attached hydrogens (tertiary/aromatic N) is 2. The predicted molar refractivity (Wildman–Crippen MR) is 93.3 cm³/mol. The van der Waals surface area contributed by atoms with Crippen molar-refractivity contribution in [1.82, 2.24) is 9.47 Å². The maximum atomic E-state index is 13.1. The lowest BCUT2D eigenvalue weighted by Gasteiger charge is -2.34. The minimum Gasteiger partial charge on any atom is -0.466 e. The molecule has 0 radical (unpaired) electrons. The van der Waals surface area contributed by atoms with Crippen LogP contribution in [0.5, 0.6) is 0 Å². The number of hydrogen-bond acceptors (Lipinski definition) is 4. The van der Waals surface area contributed by atoms with Crippen LogP contribution in [-0.4, -0.2) is 40.0 Å². The molecule has 0 unspecified atom stereocenters. The third-order valence-corrected chi connectivity index (χ3v) is 5.87. The lowest BCUT2D eigenvalue weighted by molar-refractivity contribution is -0.157. The van der Waals surface area contributed by atoms with Crippen molar-refractivity contribution in [3.63, 3.8) is 0 Å². The predicted octanol–water partition coefficient (Wildman–Crippen LogP) is 2.20. The molecule has 2 aliphatic heterocycles. The zero-order valence-electron chi connectivity index (χ0n) is 15.2. The fraction of sp³-hybridized carbons (Fsp3) is 0.632. The molecule has 2 saturated heterocycles. The average Bonchev–Trinajstić information content (AvgIpc) is 3.17. The van der Waals surface area contributed by atoms with E-state index >= 15 is 0 Å². The van der Waals surface area contributed by atoms with E-state index in [0.717, 1.165) is 12.8 Å². The zero-order chi connectivity index (χ0) is 18.2. The summed E-state index contributed by atoms with van der Waals surface area (Å²) in [5.41, 5.74) is -0.373. The van der Waals surface area contributed by atoms with Crippen molar-refractivity contribution in [2.75, 3.05) is 6.61 Å². The number of aromatic nitrogens is 1. The van der Waals surface area contributed by atoms with Gasteiger partial charge in [0.2, 0.25) is 0 Å². The lowest BCUT2D eigenvalue weighted by atomic mass is 9.72. The van der Waals surface area contributed by atoms with Crippen LogP contribution in [-0.2, 0) is 16.1 Å². The van der Waals surface area contributed by atoms with Crippen LogP contribution in [0.4, 0.5) is 0 Å². The van der Waals surface area contributed by atoms with E-state index in [1.165, 1.54) is 6.07 Å². The van der Waals surface area contributed by atoms with Gasteiger partial charge in [0.25, 0.3) is 11.5 Å². The Kier molecular flexibility index (Phi) is 4.71. The fourth-order valence-electron chi connectivity index (χ4n) is 4.56. The molecule has 6 nitrogen and oxygen atoms in total. The maximum absolute atomic E-state index is 13.1. The molecule has 3 rings (SSSR count). The number of ether oxygens (including phenoxy) is 1. The molecule has 0 aliphatic carbocycles. The number of hydrogen-bond donors (Lipinski definition) is 0. The number of pyridine rings is 1. The molecule has 136 valence electrons. The van der Waals surface area contributed by atoms with Crippen LogP contribution in [0.3, 0.4) is 0 Å². The Morgan fingerprint density at radius 1 is 1.28 bits per heavy atom. The van der Waals surface area contributed by atoms with Crippen molar-refractivity contribution in [3.8, 4) is 0 Å². The molecule has 0 saturated carbocycles. The van der Waals surface area contributed by atoms with E-state index in [-0.39, 0.29) is 29.5 Å². The quantitative estimate of drug-likeness (QED) is 0.767. The van der Waals surface area contributed by atoms with E-state index in [1.54, 1.807) is 23.8 Å². The summed E-state index contributed by atoms with van der Waals surface area (Å²) in [7, 11) is 0. The van der Waals surface area contributed by atoms with Gasteiger partial charge in [-0.3, -0.25) is 14.4 Å². The monoisotopic (exact) mass is 346 g/mol. The Hall–Kier alpha value is -2.11. The van der Waals surface area contributed by atoms with Gasteiger partial charge in [-0.2, -0.15) is 0 Å². The van der Waals surface area contributed by atoms with Crippen LogP contribution in [0, 0.1) is 5.41 Å². The third-order valence-electron chi connectivity index (χ3n) is 5.87. The van der Waals surface area contributed by atoms with Gasteiger partial charge in [0.15, 0.2) is 0 Å². The number of esters is 1. The molecule has 0 spiro atoms. The van der Waals surface area contributed by atoms with Crippen molar-refractivity contribution in [1.29, 1.82) is 0 Å². The van der Waals surface area contributed by atoms with Crippen molar-refractivity contribution in [3.05, 3.63) is 34.2 Å². The average molecular weight is 346 g/mol. The Morgan fingerprint density at radius 3 is 2.64 bits per heavy atom. The maximum Gasteiger partial charge on any atom is 0.314 e. The lowest BCUT2D eigenvalue weighted by Crippen LogP contribution is -2.45. The van der Waals surface area contributed by atoms with E-state index in [4.69, 9.17) is 4.74 Å². The molecule has 1 amide bonds. The van der Waals surface area contributed by atoms with Crippen LogP contribution in [0.15, 0.2) is 23.1 Å². The number of carbonyl (C=O) groups is 2. The van der Waals surface area contributed by atoms with Crippen LogP contribution in [0.25, 0.3) is 0 Å². The Morgan fingerprint density at radius 2 is 2.04 bits per heavy atom. The second-order valence-electron chi connectivity index (χ2n) is 6.93. The van der Waals surface area contributed by atoms with Gasteiger partial charge in [-0.15, -0.1) is 0 Å². The van der Waals surface area contributed by atoms with Crippen LogP contribution < -0.4 is 5.56 Å². The summed E-state index contributed by atoms with van der Waals surface area (Å²) in [5.74, 6) is -0.337. The largest absolute Gasteiger partial charge is 0.466 e. The molecule has 3 heterocycles. The summed E-state index contributed by atoms with van der Waals surface area (Å²) >= 11 is 0. The molecule has 2 fully saturated rings. The van der Waals surface area contributed by atoms with Gasteiger partial charge < -0.3 is 14.2 Å². The second kappa shape index (κ2) is 6.65. The number of aryl methyl sites for hydroxylation is 1. The van der Waals surface area contributed by atoms with Crippen LogP contribution >= 0.6 is 0 Å². The summed E-state index contributed by atoms with van der Waals surface area (Å²) in [6.07, 6.45) is 4.70. The Labute approximate surface area is 147 Å². The zero-order valence-corrected chi connectivity index (χ0v) is 15.2. The van der Waals surface area contributed by atoms with E-state index in [1.807, 2.05) is 18.7 Å². The molecule has 25 heavy (non-hydrogen) atoms. The highest BCUT2D eigenvalue weighted by molar-refractivity contribution is 5.96. The Bertz CT molecular complexity index is 741. The highest BCUT2D eigenvalue weighted by atomic mass is 16.5. The fourth-order valence-corrected chi connectivity index (χ4v) is 4.56. The van der Waals surface area contributed by atoms with E-state index < -0.39 is 5.41 Å². The minimum atomic E-state index is -0.604. The normalized spacial score (nSPS) is 27.6. The molecular formula is C19H26N2O4. The molecule has 0 aromatic carbocycles. The third kappa shape index (κ3) is 2.68. The molecule has 0 N–H and O–H groups in total. The number of carbonyl (C=O) groups excluding carboxylic acids is 2. The van der Waals surface area contributed by atoms with E-state index in [9.17, 15) is 14.4 Å². The van der Waals surface area contributed by atoms with Crippen LogP contribution in [0.1, 0.15) is 56.8 Å². The molecule has 1 aromatic rings. The van der Waals surface area contributed by atoms with Gasteiger partial charge in [-0.1, -0.05) is 6.92 Å². The van der Waals surface area contributed by atoms with Gasteiger partial charge in [-0.05, 0) is 45.6 Å². The SMILES string of the molecule is CCOC(=O)[C@@]1(CC)C[C@H]2CC[C@@H]1N2C(=O)c1ccn(CC)c(=O)c1. The van der Waals surface area contributed by atoms with Crippen LogP contribution in [0.2, 0.25) is 0 Å². The summed E-state index contributed by atoms with van der Waals surface area (Å²) in [6.45, 7) is 6.60. The van der Waals surface area contributed by atoms with Crippen molar-refractivity contribution < 1.29 is 14.3 Å². The van der Waals surface area contributed by atoms with Gasteiger partial charge in [0, 0.05) is 36.5 Å². The summed E-state index contributed by atoms with van der Waals surface area (Å²) in [6, 6.07) is 3.02. The summed E-state index contributed by atoms with van der Waals surface area (Å²) < 4.78 is 6.89. The first-order valence-corrected chi connectivity index (χ1v) is 9.18. The highest BCUT2D eigenvalue weighted by Gasteiger charge is 2.61. The molecular weight excluding hydrogens is 320 g/mol. The Balaban J connectivity index is 1.91. The molecule has 2 bridgehead atoms. The van der Waals surface area contributed by atoms with E-state index in [0.29, 0.717) is 31.6 Å². The highest BCUT2D eigenvalue weighted by Crippen LogP contribution is 2.52. The number of amides is 1. The minimum absolute atomic E-state index is 0.0514. The first-order chi connectivity index (χ1) is 12.0. The standard InChI is InChI=1S/C19H26N2O4/c1-4-19(18(24)25-6-3)12-14-7-8-15(19)21(14)17(23)13-9-10-20(5-2)16(22)11-13/h9-11,14-15H,4-8,12H2,1-3H3/t14-,15+,19+/m1/s1. The van der Waals surface area contributed by atoms with Gasteiger partial charge in [0.05, 0.1) is 12.0 Å². The first kappa shape index (κ1) is 17.7. The molecule has 1 aromatic heterocycles. The van der Waals surface area contributed by atoms with Gasteiger partial charge in [0.1, 0.15) is 0 Å². The molecule has 2 aliphatic rings. The van der Waals surface area contributed by atoms with Crippen molar-refractivity contribution >= 4 is 11.9 Å². The topological polar surface area (TPSA) is 68.6 Å². The molecule has 3 atom stereocenters. The number of rotatable bonds is 5. The first-order valence-electron chi connectivity index (χ1n) is 9.18. The van der Waals surface area contributed by atoms with Crippen molar-refractivity contribution in [2.45, 2.75) is 65.1 Å². The molecule has 6 heteroatoms. The van der Waals surface area contributed by atoms with Crippen molar-refractivity contribution in [2.24, 2.45) is 5.41 Å². The van der Waals surface area contributed by atoms with Gasteiger partial charge >= 0.3 is 5.97 Å². The van der Waals surface area contributed by atoms with Gasteiger partial charge in [-0.25, -0.2) is 0 Å². The summed E-state index contributed by atoms with van der Waals surface area (Å²) in [4.78, 5) is 39.6. The smallest absolute Gasteiger partial charge is 0.314 e. The second-order valence-corrected chi connectivity index (χ2v) is 6.93. The number of fused-ring (bicyclic) bond motifs is 2. The summed E-state index contributed by atoms with van der Waals surface area (Å²) in [5, 5.41) is 0.